The third-order valence-electron chi connectivity index (χ3n) is 4.14. The van der Waals surface area contributed by atoms with Crippen LogP contribution >= 0.6 is 11.3 Å². The highest BCUT2D eigenvalue weighted by Gasteiger charge is 2.35. The summed E-state index contributed by atoms with van der Waals surface area (Å²) in [6, 6.07) is -0.528. The quantitative estimate of drug-likeness (QED) is 0.874. The van der Waals surface area contributed by atoms with Crippen LogP contribution in [0.1, 0.15) is 71.2 Å². The van der Waals surface area contributed by atoms with Crippen LogP contribution < -0.4 is 5.32 Å². The van der Waals surface area contributed by atoms with E-state index >= 15 is 0 Å². The molecule has 2 heterocycles. The van der Waals surface area contributed by atoms with Gasteiger partial charge in [-0.3, -0.25) is 15.0 Å². The van der Waals surface area contributed by atoms with Gasteiger partial charge in [-0.15, -0.1) is 10.2 Å². The molecule has 0 spiro atoms. The zero-order valence-corrected chi connectivity index (χ0v) is 16.5. The Balaban J connectivity index is 2.05. The Bertz CT molecular complexity index is 611. The zero-order chi connectivity index (χ0) is 18.6. The van der Waals surface area contributed by atoms with E-state index in [4.69, 9.17) is 4.74 Å². The summed E-state index contributed by atoms with van der Waals surface area (Å²) < 4.78 is 5.44. The molecule has 8 heteroatoms. The summed E-state index contributed by atoms with van der Waals surface area (Å²) in [7, 11) is 0. The highest BCUT2D eigenvalue weighted by Crippen LogP contribution is 2.26. The predicted octanol–water partition coefficient (Wildman–Crippen LogP) is 3.78. The molecule has 1 fully saturated rings. The fourth-order valence-corrected chi connectivity index (χ4v) is 3.47. The Hall–Kier alpha value is -1.70. The van der Waals surface area contributed by atoms with E-state index in [1.54, 1.807) is 0 Å². The van der Waals surface area contributed by atoms with Crippen LogP contribution in [-0.2, 0) is 9.53 Å². The first-order valence-corrected chi connectivity index (χ1v) is 9.66. The Kier molecular flexibility index (Phi) is 6.37. The summed E-state index contributed by atoms with van der Waals surface area (Å²) >= 11 is 1.39. The standard InChI is InChI=1S/C17H28N4O3S/c1-6-11(2)14-19-20-15(25-14)18-13(22)12-9-7-8-10-21(12)16(23)24-17(3,4)5/h11-12H,6-10H2,1-5H3,(H,18,20,22)/t11?,12-/m0/s1. The van der Waals surface area contributed by atoms with Gasteiger partial charge in [-0.2, -0.15) is 0 Å². The molecule has 2 atom stereocenters. The van der Waals surface area contributed by atoms with Crippen molar-refractivity contribution in [1.29, 1.82) is 0 Å². The monoisotopic (exact) mass is 368 g/mol. The molecule has 1 saturated heterocycles. The maximum absolute atomic E-state index is 12.7. The number of carbonyl (C=O) groups is 2. The number of amides is 2. The number of anilines is 1. The molecule has 1 aliphatic heterocycles. The third kappa shape index (κ3) is 5.39. The van der Waals surface area contributed by atoms with Gasteiger partial charge in [0, 0.05) is 12.5 Å². The van der Waals surface area contributed by atoms with E-state index in [0.717, 1.165) is 24.3 Å². The van der Waals surface area contributed by atoms with Crippen molar-refractivity contribution in [2.45, 2.75) is 77.9 Å². The second-order valence-corrected chi connectivity index (χ2v) is 8.44. The number of rotatable bonds is 4. The van der Waals surface area contributed by atoms with Crippen molar-refractivity contribution in [3.05, 3.63) is 5.01 Å². The molecule has 140 valence electrons. The molecule has 0 radical (unpaired) electrons. The number of hydrogen-bond donors (Lipinski definition) is 1. The van der Waals surface area contributed by atoms with E-state index in [1.807, 2.05) is 20.8 Å². The van der Waals surface area contributed by atoms with Gasteiger partial charge in [-0.1, -0.05) is 25.2 Å². The van der Waals surface area contributed by atoms with Gasteiger partial charge < -0.3 is 4.74 Å². The average Bonchev–Trinajstić information content (AvgIpc) is 3.01. The molecule has 0 aromatic carbocycles. The normalized spacial score (nSPS) is 19.4. The van der Waals surface area contributed by atoms with Gasteiger partial charge in [0.25, 0.3) is 0 Å². The Labute approximate surface area is 153 Å². The van der Waals surface area contributed by atoms with Crippen LogP contribution in [0.2, 0.25) is 0 Å². The van der Waals surface area contributed by atoms with E-state index in [-0.39, 0.29) is 5.91 Å². The van der Waals surface area contributed by atoms with Crippen molar-refractivity contribution < 1.29 is 14.3 Å². The van der Waals surface area contributed by atoms with Crippen molar-refractivity contribution in [2.75, 3.05) is 11.9 Å². The molecule has 0 aliphatic carbocycles. The third-order valence-corrected chi connectivity index (χ3v) is 5.21. The Morgan fingerprint density at radius 2 is 2.08 bits per heavy atom. The van der Waals surface area contributed by atoms with Crippen molar-refractivity contribution in [3.63, 3.8) is 0 Å². The van der Waals surface area contributed by atoms with Crippen LogP contribution in [0.4, 0.5) is 9.93 Å². The van der Waals surface area contributed by atoms with Crippen LogP contribution in [0.15, 0.2) is 0 Å². The smallest absolute Gasteiger partial charge is 0.410 e. The maximum atomic E-state index is 12.7. The minimum Gasteiger partial charge on any atom is -0.444 e. The average molecular weight is 369 g/mol. The summed E-state index contributed by atoms with van der Waals surface area (Å²) in [5.41, 5.74) is -0.583. The van der Waals surface area contributed by atoms with Gasteiger partial charge in [0.2, 0.25) is 11.0 Å². The molecule has 1 unspecified atom stereocenters. The first kappa shape index (κ1) is 19.6. The van der Waals surface area contributed by atoms with Crippen molar-refractivity contribution in [3.8, 4) is 0 Å². The summed E-state index contributed by atoms with van der Waals surface area (Å²) in [4.78, 5) is 26.6. The minimum absolute atomic E-state index is 0.225. The van der Waals surface area contributed by atoms with Gasteiger partial charge in [0.15, 0.2) is 0 Å². The summed E-state index contributed by atoms with van der Waals surface area (Å²) in [6.07, 6.45) is 2.94. The second-order valence-electron chi connectivity index (χ2n) is 7.43. The molecule has 25 heavy (non-hydrogen) atoms. The van der Waals surface area contributed by atoms with Crippen LogP contribution in [0.25, 0.3) is 0 Å². The molecule has 1 aliphatic rings. The van der Waals surface area contributed by atoms with Gasteiger partial charge >= 0.3 is 6.09 Å². The molecule has 0 bridgehead atoms. The first-order chi connectivity index (χ1) is 11.7. The molecular formula is C17H28N4O3S. The fraction of sp³-hybridized carbons (Fsp3) is 0.765. The topological polar surface area (TPSA) is 84.4 Å². The number of carbonyl (C=O) groups excluding carboxylic acids is 2. The fourth-order valence-electron chi connectivity index (χ4n) is 2.59. The van der Waals surface area contributed by atoms with E-state index in [9.17, 15) is 9.59 Å². The number of hydrogen-bond acceptors (Lipinski definition) is 6. The van der Waals surface area contributed by atoms with Gasteiger partial charge in [0.05, 0.1) is 0 Å². The zero-order valence-electron chi connectivity index (χ0n) is 15.7. The molecule has 1 N–H and O–H groups in total. The molecule has 7 nitrogen and oxygen atoms in total. The van der Waals surface area contributed by atoms with Gasteiger partial charge in [0.1, 0.15) is 16.7 Å². The van der Waals surface area contributed by atoms with Gasteiger partial charge in [-0.25, -0.2) is 4.79 Å². The lowest BCUT2D eigenvalue weighted by Gasteiger charge is -2.35. The molecule has 2 amide bonds. The Morgan fingerprint density at radius 3 is 2.72 bits per heavy atom. The second kappa shape index (κ2) is 8.12. The molecule has 0 saturated carbocycles. The summed E-state index contributed by atoms with van der Waals surface area (Å²) in [6.45, 7) is 10.2. The van der Waals surface area contributed by atoms with E-state index in [1.165, 1.54) is 16.2 Å². The van der Waals surface area contributed by atoms with E-state index in [0.29, 0.717) is 24.0 Å². The minimum atomic E-state index is -0.583. The molecule has 1 aromatic heterocycles. The number of ether oxygens (including phenoxy) is 1. The lowest BCUT2D eigenvalue weighted by atomic mass is 10.0. The highest BCUT2D eigenvalue weighted by molar-refractivity contribution is 7.15. The van der Waals surface area contributed by atoms with Crippen molar-refractivity contribution in [2.24, 2.45) is 0 Å². The number of nitrogens with zero attached hydrogens (tertiary/aromatic N) is 3. The SMILES string of the molecule is CCC(C)c1nnc(NC(=O)[C@@H]2CCCCN2C(=O)OC(C)(C)C)s1. The van der Waals surface area contributed by atoms with E-state index < -0.39 is 17.7 Å². The molecule has 1 aromatic rings. The Morgan fingerprint density at radius 1 is 1.36 bits per heavy atom. The lowest BCUT2D eigenvalue weighted by molar-refractivity contribution is -0.122. The number of nitrogens with one attached hydrogen (secondary N) is 1. The number of aromatic nitrogens is 2. The first-order valence-electron chi connectivity index (χ1n) is 8.85. The van der Waals surface area contributed by atoms with Crippen LogP contribution in [0, 0.1) is 0 Å². The van der Waals surface area contributed by atoms with Crippen LogP contribution in [-0.4, -0.2) is 45.3 Å². The number of likely N-dealkylation sites (tertiary alicyclic amines) is 1. The van der Waals surface area contributed by atoms with Gasteiger partial charge in [-0.05, 0) is 46.5 Å². The molecular weight excluding hydrogens is 340 g/mol. The van der Waals surface area contributed by atoms with Crippen molar-refractivity contribution >= 4 is 28.5 Å². The van der Waals surface area contributed by atoms with Crippen LogP contribution in [0.3, 0.4) is 0 Å². The van der Waals surface area contributed by atoms with E-state index in [2.05, 4.69) is 29.4 Å². The predicted molar refractivity (Wildman–Crippen MR) is 97.8 cm³/mol. The summed E-state index contributed by atoms with van der Waals surface area (Å²) in [5, 5.41) is 12.4. The van der Waals surface area contributed by atoms with Crippen molar-refractivity contribution in [1.82, 2.24) is 15.1 Å². The molecule has 2 rings (SSSR count). The highest BCUT2D eigenvalue weighted by atomic mass is 32.1. The largest absolute Gasteiger partial charge is 0.444 e. The number of piperidine rings is 1. The maximum Gasteiger partial charge on any atom is 0.410 e. The summed E-state index contributed by atoms with van der Waals surface area (Å²) in [5.74, 6) is 0.0912. The lowest BCUT2D eigenvalue weighted by Crippen LogP contribution is -2.51. The van der Waals surface area contributed by atoms with Crippen LogP contribution in [0.5, 0.6) is 0 Å².